The van der Waals surface area contributed by atoms with E-state index in [0.717, 1.165) is 38.2 Å². The number of halogens is 1. The van der Waals surface area contributed by atoms with E-state index < -0.39 is 0 Å². The van der Waals surface area contributed by atoms with Crippen LogP contribution in [0.5, 0.6) is 0 Å². The Balaban J connectivity index is 1.96. The van der Waals surface area contributed by atoms with Crippen LogP contribution in [0.15, 0.2) is 18.3 Å². The number of hydrogen-bond donors (Lipinski definition) is 2. The van der Waals surface area contributed by atoms with Gasteiger partial charge in [-0.1, -0.05) is 6.92 Å². The topological polar surface area (TPSA) is 48.4 Å². The molecule has 1 aliphatic rings. The van der Waals surface area contributed by atoms with Gasteiger partial charge in [-0.2, -0.15) is 0 Å². The second-order valence-corrected chi connectivity index (χ2v) is 6.10. The lowest BCUT2D eigenvalue weighted by molar-refractivity contribution is 0.104. The molecule has 0 spiro atoms. The van der Waals surface area contributed by atoms with Crippen molar-refractivity contribution in [3.63, 3.8) is 0 Å². The lowest BCUT2D eigenvalue weighted by atomic mass is 9.94. The number of aromatic nitrogens is 1. The molecule has 4 nitrogen and oxygen atoms in total. The van der Waals surface area contributed by atoms with Crippen molar-refractivity contribution in [3.05, 3.63) is 29.8 Å². The molecule has 1 aromatic heterocycles. The maximum Gasteiger partial charge on any atom is 0.141 e. The summed E-state index contributed by atoms with van der Waals surface area (Å²) in [7, 11) is 1.92. The third-order valence-electron chi connectivity index (χ3n) is 4.36. The molecule has 5 heteroatoms. The SMILES string of the molecule is CNC(c1ccc(F)cn1)C(C)CN1CCCC(CO)C1. The Bertz CT molecular complexity index is 426. The number of nitrogens with zero attached hydrogens (tertiary/aromatic N) is 2. The monoisotopic (exact) mass is 295 g/mol. The normalized spacial score (nSPS) is 23.0. The van der Waals surface area contributed by atoms with Gasteiger partial charge in [0, 0.05) is 19.7 Å². The largest absolute Gasteiger partial charge is 0.396 e. The predicted octanol–water partition coefficient (Wildman–Crippen LogP) is 1.82. The highest BCUT2D eigenvalue weighted by Crippen LogP contribution is 2.23. The molecule has 2 rings (SSSR count). The second kappa shape index (κ2) is 7.82. The number of piperidine rings is 1. The Morgan fingerprint density at radius 2 is 2.33 bits per heavy atom. The van der Waals surface area contributed by atoms with Gasteiger partial charge in [0.25, 0.3) is 0 Å². The number of pyridine rings is 1. The van der Waals surface area contributed by atoms with Gasteiger partial charge in [-0.3, -0.25) is 4.98 Å². The second-order valence-electron chi connectivity index (χ2n) is 6.10. The molecule has 2 heterocycles. The van der Waals surface area contributed by atoms with Gasteiger partial charge in [-0.25, -0.2) is 4.39 Å². The zero-order valence-corrected chi connectivity index (χ0v) is 12.9. The van der Waals surface area contributed by atoms with E-state index in [1.54, 1.807) is 6.07 Å². The molecule has 21 heavy (non-hydrogen) atoms. The molecule has 3 unspecified atom stereocenters. The van der Waals surface area contributed by atoms with Crippen LogP contribution >= 0.6 is 0 Å². The summed E-state index contributed by atoms with van der Waals surface area (Å²) in [6.07, 6.45) is 3.54. The molecule has 0 amide bonds. The summed E-state index contributed by atoms with van der Waals surface area (Å²) in [5.41, 5.74) is 0.877. The number of aliphatic hydroxyl groups excluding tert-OH is 1. The third kappa shape index (κ3) is 4.46. The van der Waals surface area contributed by atoms with Crippen molar-refractivity contribution in [1.29, 1.82) is 0 Å². The first-order chi connectivity index (χ1) is 10.1. The molecule has 0 saturated carbocycles. The summed E-state index contributed by atoms with van der Waals surface area (Å²) in [4.78, 5) is 6.62. The molecule has 1 fully saturated rings. The smallest absolute Gasteiger partial charge is 0.141 e. The Morgan fingerprint density at radius 3 is 2.95 bits per heavy atom. The summed E-state index contributed by atoms with van der Waals surface area (Å²) >= 11 is 0. The molecule has 1 saturated heterocycles. The van der Waals surface area contributed by atoms with Crippen molar-refractivity contribution in [2.24, 2.45) is 11.8 Å². The van der Waals surface area contributed by atoms with Crippen LogP contribution < -0.4 is 5.32 Å². The molecule has 1 aliphatic heterocycles. The molecule has 2 N–H and O–H groups in total. The highest BCUT2D eigenvalue weighted by Gasteiger charge is 2.25. The van der Waals surface area contributed by atoms with Gasteiger partial charge in [-0.15, -0.1) is 0 Å². The number of aliphatic hydroxyl groups is 1. The number of rotatable bonds is 6. The number of likely N-dealkylation sites (tertiary alicyclic amines) is 1. The van der Waals surface area contributed by atoms with Gasteiger partial charge < -0.3 is 15.3 Å². The van der Waals surface area contributed by atoms with Crippen LogP contribution in [-0.4, -0.2) is 48.3 Å². The number of hydrogen-bond acceptors (Lipinski definition) is 4. The van der Waals surface area contributed by atoms with Crippen LogP contribution in [0.3, 0.4) is 0 Å². The van der Waals surface area contributed by atoms with Crippen molar-refractivity contribution in [2.45, 2.75) is 25.8 Å². The van der Waals surface area contributed by atoms with Gasteiger partial charge in [0.05, 0.1) is 17.9 Å². The van der Waals surface area contributed by atoms with Crippen LogP contribution in [-0.2, 0) is 0 Å². The first kappa shape index (κ1) is 16.3. The maximum atomic E-state index is 13.0. The van der Waals surface area contributed by atoms with E-state index in [-0.39, 0.29) is 18.5 Å². The third-order valence-corrected chi connectivity index (χ3v) is 4.36. The molecule has 0 aromatic carbocycles. The fourth-order valence-corrected chi connectivity index (χ4v) is 3.27. The van der Waals surface area contributed by atoms with Crippen LogP contribution in [0.2, 0.25) is 0 Å². The van der Waals surface area contributed by atoms with Crippen LogP contribution in [0.1, 0.15) is 31.5 Å². The Morgan fingerprint density at radius 1 is 1.52 bits per heavy atom. The average molecular weight is 295 g/mol. The van der Waals surface area contributed by atoms with E-state index in [1.807, 2.05) is 7.05 Å². The highest BCUT2D eigenvalue weighted by molar-refractivity contribution is 5.11. The number of nitrogens with one attached hydrogen (secondary N) is 1. The van der Waals surface area contributed by atoms with Crippen molar-refractivity contribution in [2.75, 3.05) is 33.3 Å². The molecular formula is C16H26FN3O. The fraction of sp³-hybridized carbons (Fsp3) is 0.688. The van der Waals surface area contributed by atoms with Crippen LogP contribution in [0.4, 0.5) is 4.39 Å². The lowest BCUT2D eigenvalue weighted by Gasteiger charge is -2.35. The van der Waals surface area contributed by atoms with Crippen molar-refractivity contribution in [3.8, 4) is 0 Å². The lowest BCUT2D eigenvalue weighted by Crippen LogP contribution is -2.41. The summed E-state index contributed by atoms with van der Waals surface area (Å²) in [5, 5.41) is 12.6. The Hall–Kier alpha value is -1.04. The van der Waals surface area contributed by atoms with E-state index in [0.29, 0.717) is 11.8 Å². The van der Waals surface area contributed by atoms with E-state index in [4.69, 9.17) is 0 Å². The first-order valence-electron chi connectivity index (χ1n) is 7.76. The summed E-state index contributed by atoms with van der Waals surface area (Å²) < 4.78 is 13.0. The zero-order chi connectivity index (χ0) is 15.2. The quantitative estimate of drug-likeness (QED) is 0.840. The van der Waals surface area contributed by atoms with Crippen molar-refractivity contribution < 1.29 is 9.50 Å². The Labute approximate surface area is 126 Å². The molecule has 0 radical (unpaired) electrons. The minimum Gasteiger partial charge on any atom is -0.396 e. The van der Waals surface area contributed by atoms with Gasteiger partial charge >= 0.3 is 0 Å². The van der Waals surface area contributed by atoms with E-state index in [1.165, 1.54) is 12.3 Å². The minimum absolute atomic E-state index is 0.111. The summed E-state index contributed by atoms with van der Waals surface area (Å²) in [6.45, 7) is 5.48. The van der Waals surface area contributed by atoms with Crippen molar-refractivity contribution >= 4 is 0 Å². The van der Waals surface area contributed by atoms with Gasteiger partial charge in [-0.05, 0) is 50.4 Å². The molecule has 118 valence electrons. The van der Waals surface area contributed by atoms with Gasteiger partial charge in [0.2, 0.25) is 0 Å². The minimum atomic E-state index is -0.303. The molecule has 0 bridgehead atoms. The van der Waals surface area contributed by atoms with Crippen molar-refractivity contribution in [1.82, 2.24) is 15.2 Å². The summed E-state index contributed by atoms with van der Waals surface area (Å²) in [6, 6.07) is 3.32. The van der Waals surface area contributed by atoms with E-state index >= 15 is 0 Å². The van der Waals surface area contributed by atoms with Gasteiger partial charge in [0.1, 0.15) is 5.82 Å². The van der Waals surface area contributed by atoms with E-state index in [2.05, 4.69) is 22.1 Å². The summed E-state index contributed by atoms with van der Waals surface area (Å²) in [5.74, 6) is 0.469. The molecule has 3 atom stereocenters. The first-order valence-corrected chi connectivity index (χ1v) is 7.76. The average Bonchev–Trinajstić information content (AvgIpc) is 2.50. The van der Waals surface area contributed by atoms with E-state index in [9.17, 15) is 9.50 Å². The maximum absolute atomic E-state index is 13.0. The predicted molar refractivity (Wildman–Crippen MR) is 81.4 cm³/mol. The molecule has 1 aromatic rings. The molecule has 0 aliphatic carbocycles. The standard InChI is InChI=1S/C16H26FN3O/c1-12(9-20-7-3-4-13(10-20)11-21)16(18-2)15-6-5-14(17)8-19-15/h5-6,8,12-13,16,18,21H,3-4,7,9-11H2,1-2H3. The zero-order valence-electron chi connectivity index (χ0n) is 12.9. The highest BCUT2D eigenvalue weighted by atomic mass is 19.1. The molecular weight excluding hydrogens is 269 g/mol. The van der Waals surface area contributed by atoms with Gasteiger partial charge in [0.15, 0.2) is 0 Å². The fourth-order valence-electron chi connectivity index (χ4n) is 3.27. The van der Waals surface area contributed by atoms with Crippen LogP contribution in [0, 0.1) is 17.7 Å². The van der Waals surface area contributed by atoms with Crippen LogP contribution in [0.25, 0.3) is 0 Å². The Kier molecular flexibility index (Phi) is 6.08.